The van der Waals surface area contributed by atoms with Crippen molar-refractivity contribution >= 4 is 77.1 Å². The lowest BCUT2D eigenvalue weighted by Crippen LogP contribution is -2.47. The number of aromatic amines is 1. The molecule has 3 saturated heterocycles. The van der Waals surface area contributed by atoms with Crippen LogP contribution >= 0.6 is 37.1 Å². The third-order valence-electron chi connectivity index (χ3n) is 10.7. The summed E-state index contributed by atoms with van der Waals surface area (Å²) in [5.74, 6) is -0.0386. The van der Waals surface area contributed by atoms with Crippen LogP contribution in [0.2, 0.25) is 0 Å². The third-order valence-corrected chi connectivity index (χ3v) is 16.5. The molecule has 0 spiro atoms. The number of H-pyrrole nitrogens is 1. The van der Waals surface area contributed by atoms with E-state index in [4.69, 9.17) is 45.0 Å². The van der Waals surface area contributed by atoms with Gasteiger partial charge in [0, 0.05) is 10.7 Å². The number of anilines is 2. The average molecular weight is 1000 g/mol. The van der Waals surface area contributed by atoms with Crippen molar-refractivity contribution in [1.29, 1.82) is 0 Å². The lowest BCUT2D eigenvalue weighted by Gasteiger charge is -2.31. The highest BCUT2D eigenvalue weighted by Crippen LogP contribution is 2.60. The molecule has 0 saturated carbocycles. The van der Waals surface area contributed by atoms with E-state index in [0.717, 1.165) is 11.4 Å². The van der Waals surface area contributed by atoms with Gasteiger partial charge in [-0.05, 0) is 58.9 Å². The number of hydrogen-bond donors (Lipinski definition) is 8. The number of nitrogens with two attached hydrogens (primary N) is 2. The van der Waals surface area contributed by atoms with E-state index in [1.165, 1.54) is 40.2 Å². The van der Waals surface area contributed by atoms with Crippen LogP contribution in [0.3, 0.4) is 0 Å². The Morgan fingerprint density at radius 1 is 0.910 bits per heavy atom. The van der Waals surface area contributed by atoms with Gasteiger partial charge in [0.2, 0.25) is 5.95 Å². The predicted molar refractivity (Wildman–Crippen MR) is 241 cm³/mol. The normalized spacial score (nSPS) is 28.8. The van der Waals surface area contributed by atoms with Gasteiger partial charge in [-0.25, -0.2) is 34.9 Å². The van der Waals surface area contributed by atoms with Crippen LogP contribution in [0, 0.1) is 0 Å². The Kier molecular flexibility index (Phi) is 13.3. The summed E-state index contributed by atoms with van der Waals surface area (Å²) in [4.78, 5) is 51.3. The zero-order chi connectivity index (χ0) is 47.0. The summed E-state index contributed by atoms with van der Waals surface area (Å²) in [6.07, 6.45) is -4.18. The number of thiol groups is 1. The van der Waals surface area contributed by atoms with Crippen molar-refractivity contribution in [2.45, 2.75) is 54.7 Å². The molecule has 10 atom stereocenters. The summed E-state index contributed by atoms with van der Waals surface area (Å²) < 4.78 is 67.5. The largest absolute Gasteiger partial charge is 0.493 e. The zero-order valence-electron chi connectivity index (χ0n) is 34.4. The number of nitrogens with one attached hydrogen (secondary N) is 3. The van der Waals surface area contributed by atoms with E-state index < -0.39 is 87.1 Å². The van der Waals surface area contributed by atoms with Crippen LogP contribution in [-0.4, -0.2) is 118 Å². The number of benzene rings is 2. The van der Waals surface area contributed by atoms with E-state index in [-0.39, 0.29) is 64.3 Å². The van der Waals surface area contributed by atoms with Gasteiger partial charge in [0.15, 0.2) is 35.1 Å². The molecule has 7 heterocycles. The van der Waals surface area contributed by atoms with Gasteiger partial charge in [0.1, 0.15) is 47.8 Å². The Labute approximate surface area is 385 Å². The van der Waals surface area contributed by atoms with Crippen molar-refractivity contribution in [3.8, 4) is 11.5 Å². The number of imidazole rings is 2. The fourth-order valence-electron chi connectivity index (χ4n) is 7.52. The first-order valence-electron chi connectivity index (χ1n) is 20.0. The summed E-state index contributed by atoms with van der Waals surface area (Å²) >= 11 is 5.14. The number of azide groups is 1. The molecule has 3 fully saturated rings. The van der Waals surface area contributed by atoms with Crippen LogP contribution in [0.5, 0.6) is 11.5 Å². The van der Waals surface area contributed by atoms with Crippen LogP contribution in [0.4, 0.5) is 11.8 Å². The Morgan fingerprint density at radius 3 is 2.25 bits per heavy atom. The summed E-state index contributed by atoms with van der Waals surface area (Å²) in [5, 5.41) is 32.8. The second-order valence-corrected chi connectivity index (χ2v) is 22.4. The van der Waals surface area contributed by atoms with Crippen molar-refractivity contribution in [3.63, 3.8) is 0 Å². The third kappa shape index (κ3) is 9.86. The highest BCUT2D eigenvalue weighted by molar-refractivity contribution is 8.55. The van der Waals surface area contributed by atoms with E-state index in [9.17, 15) is 24.4 Å². The Balaban J connectivity index is 0.962. The summed E-state index contributed by atoms with van der Waals surface area (Å²) in [5.41, 5.74) is 20.8. The summed E-state index contributed by atoms with van der Waals surface area (Å²) in [6.45, 7) is -9.07. The Hall–Kier alpha value is -5.64. The van der Waals surface area contributed by atoms with E-state index >= 15 is 4.57 Å². The van der Waals surface area contributed by atoms with Crippen molar-refractivity contribution < 1.29 is 52.1 Å². The van der Waals surface area contributed by atoms with E-state index in [1.54, 1.807) is 36.4 Å². The minimum absolute atomic E-state index is 0.0219. The topological polar surface area (TPSA) is 379 Å². The predicted octanol–water partition coefficient (Wildman–Crippen LogP) is 2.59. The number of esters is 1. The molecule has 352 valence electrons. The molecule has 0 amide bonds. The number of ether oxygens (including phenoxy) is 4. The first-order valence-corrected chi connectivity index (χ1v) is 26.0. The highest BCUT2D eigenvalue weighted by atomic mass is 32.7. The van der Waals surface area contributed by atoms with Gasteiger partial charge in [0.25, 0.3) is 5.56 Å². The van der Waals surface area contributed by atoms with Gasteiger partial charge in [-0.3, -0.25) is 28.0 Å². The minimum Gasteiger partial charge on any atom is -0.493 e. The highest BCUT2D eigenvalue weighted by Gasteiger charge is 2.52. The SMILES string of the molecule is [N-]=[N+]=NCCOc1ccc(C(=O)Oc2ccc(CS[P@@]3(=O)N[C@H]4[C@@H](O)[C@H](n5cnc6c(N)ncnc65)O[C@@H]4CO[P@](=O)(S)N[C@H]4[C@@H](O)[C@H](n5cnc6c(=O)[nH]c(N)nc65)O[C@@H]4CO3)cc2)cc1. The minimum atomic E-state index is -4.21. The van der Waals surface area contributed by atoms with Crippen LogP contribution in [0.1, 0.15) is 28.4 Å². The molecule has 0 radical (unpaired) electrons. The molecule has 6 aromatic rings. The lowest BCUT2D eigenvalue weighted by molar-refractivity contribution is -0.0464. The van der Waals surface area contributed by atoms with Gasteiger partial charge in [0.05, 0.1) is 56.7 Å². The molecule has 4 aromatic heterocycles. The number of fused-ring (bicyclic) bond motifs is 4. The van der Waals surface area contributed by atoms with Crippen LogP contribution in [-0.2, 0) is 33.4 Å². The van der Waals surface area contributed by atoms with E-state index in [1.807, 2.05) is 0 Å². The molecule has 9 rings (SSSR count). The molecular formula is C36H39N15O12P2S2. The second kappa shape index (κ2) is 19.2. The number of rotatable bonds is 11. The molecule has 2 aromatic carbocycles. The number of aliphatic hydroxyl groups is 2. The molecule has 9 N–H and O–H groups in total. The van der Waals surface area contributed by atoms with Gasteiger partial charge < -0.3 is 49.7 Å². The number of nitrogens with zero attached hydrogens (tertiary/aromatic N) is 10. The van der Waals surface area contributed by atoms with Gasteiger partial charge in [-0.2, -0.15) is 4.98 Å². The molecular weight excluding hydrogens is 961 g/mol. The zero-order valence-corrected chi connectivity index (χ0v) is 37.9. The van der Waals surface area contributed by atoms with Crippen molar-refractivity contribution in [2.75, 3.05) is 37.8 Å². The monoisotopic (exact) mass is 999 g/mol. The summed E-state index contributed by atoms with van der Waals surface area (Å²) in [6, 6.07) is 10.2. The molecule has 0 aliphatic carbocycles. The van der Waals surface area contributed by atoms with Gasteiger partial charge >= 0.3 is 19.4 Å². The fourth-order valence-corrected chi connectivity index (χ4v) is 12.9. The first-order chi connectivity index (χ1) is 32.2. The molecule has 0 bridgehead atoms. The standard InChI is InChI=1S/C36H39N15O12P2S2/c37-29-25-30(41-14-40-29)50(15-42-25)33-28(53)24-21(62-33)11-59-64(56,66)47-23-22(63-34(27(23)52)51-16-43-26-31(51)45-36(38)46-32(26)54)12-60-65(57,48-24)67-13-17-1-5-20(6-2-17)61-35(55)18-3-7-19(8-4-18)58-10-9-44-49-39/h1-8,14-16,21-24,27-28,33-34,52-53H,9-13H2,(H,48,57)(H2,37,40,41)(H2,47,56,66)(H3,38,45,46,54)/t21-,22-,23-,24-,27-,28-,33-,34-,64+,65-/m1/s1. The quantitative estimate of drug-likeness (QED) is 0.0135. The maximum atomic E-state index is 15.2. The smallest absolute Gasteiger partial charge is 0.343 e. The first kappa shape index (κ1) is 46.5. The Bertz CT molecular complexity index is 3010. The van der Waals surface area contributed by atoms with Crippen LogP contribution in [0.15, 0.2) is 77.4 Å². The second-order valence-electron chi connectivity index (χ2n) is 15.0. The average Bonchev–Trinajstić information content (AvgIpc) is 4.08. The van der Waals surface area contributed by atoms with Crippen molar-refractivity contribution in [1.82, 2.24) is 49.2 Å². The molecule has 0 unspecified atom stereocenters. The maximum absolute atomic E-state index is 15.2. The van der Waals surface area contributed by atoms with Crippen LogP contribution in [0.25, 0.3) is 32.8 Å². The number of nitrogen functional groups attached to an aromatic ring is 2. The molecule has 31 heteroatoms. The molecule has 3 aliphatic heterocycles. The van der Waals surface area contributed by atoms with E-state index in [2.05, 4.69) is 62.4 Å². The number of hydrogen-bond acceptors (Lipinski definition) is 21. The fraction of sp³-hybridized carbons (Fsp3) is 0.361. The van der Waals surface area contributed by atoms with Crippen molar-refractivity contribution in [3.05, 3.63) is 99.4 Å². The molecule has 27 nitrogen and oxygen atoms in total. The van der Waals surface area contributed by atoms with Crippen molar-refractivity contribution in [2.24, 2.45) is 5.11 Å². The molecule has 67 heavy (non-hydrogen) atoms. The van der Waals surface area contributed by atoms with Crippen LogP contribution < -0.4 is 36.7 Å². The van der Waals surface area contributed by atoms with Gasteiger partial charge in [-0.15, -0.1) is 0 Å². The van der Waals surface area contributed by atoms with E-state index in [0.29, 0.717) is 11.3 Å². The number of carbonyl (C=O) groups is 1. The molecule has 3 aliphatic rings. The number of aliphatic hydroxyl groups excluding tert-OH is 2. The maximum Gasteiger partial charge on any atom is 0.343 e. The Morgan fingerprint density at radius 2 is 1.55 bits per heavy atom. The summed E-state index contributed by atoms with van der Waals surface area (Å²) in [7, 11) is 0. The lowest BCUT2D eigenvalue weighted by atomic mass is 10.1. The number of carbonyl (C=O) groups excluding carboxylic acids is 1. The number of aromatic nitrogens is 8. The van der Waals surface area contributed by atoms with Gasteiger partial charge in [-0.1, -0.05) is 29.5 Å².